The Morgan fingerprint density at radius 1 is 0.727 bits per heavy atom. The van der Waals surface area contributed by atoms with Crippen LogP contribution in [0.3, 0.4) is 0 Å². The average molecular weight is 645 g/mol. The number of carbonyl (C=O) groups excluding carboxylic acids is 2. The molecule has 1 unspecified atom stereocenters. The highest BCUT2D eigenvalue weighted by molar-refractivity contribution is 7.46. The van der Waals surface area contributed by atoms with Crippen LogP contribution in [0, 0.1) is 5.92 Å². The van der Waals surface area contributed by atoms with Gasteiger partial charge in [-0.05, 0) is 38.0 Å². The fourth-order valence-corrected chi connectivity index (χ4v) is 4.81. The predicted molar refractivity (Wildman–Crippen MR) is 176 cm³/mol. The van der Waals surface area contributed by atoms with Crippen LogP contribution < -0.4 is 0 Å². The normalized spacial score (nSPS) is 13.8. The van der Waals surface area contributed by atoms with Gasteiger partial charge in [-0.3, -0.25) is 14.1 Å². The first-order chi connectivity index (χ1) is 21.0. The lowest BCUT2D eigenvalue weighted by Gasteiger charge is -2.18. The molecule has 10 heteroatoms. The van der Waals surface area contributed by atoms with Crippen LogP contribution in [0.25, 0.3) is 0 Å². The van der Waals surface area contributed by atoms with Crippen molar-refractivity contribution in [3.8, 4) is 0 Å². The Morgan fingerprint density at radius 2 is 1.30 bits per heavy atom. The molecule has 3 N–H and O–H groups in total. The summed E-state index contributed by atoms with van der Waals surface area (Å²) in [5.41, 5.74) is 0. The monoisotopic (exact) mass is 644 g/mol. The van der Waals surface area contributed by atoms with Gasteiger partial charge >= 0.3 is 19.8 Å². The minimum absolute atomic E-state index is 0.142. The third-order valence-electron chi connectivity index (χ3n) is 6.96. The van der Waals surface area contributed by atoms with E-state index in [1.54, 1.807) is 6.08 Å². The summed E-state index contributed by atoms with van der Waals surface area (Å²) in [6.45, 7) is 5.69. The number of rotatable bonds is 29. The molecule has 0 aliphatic carbocycles. The molecule has 0 bridgehead atoms. The molecular formula is C34H61O9P. The van der Waals surface area contributed by atoms with Crippen molar-refractivity contribution in [3.05, 3.63) is 36.5 Å². The fraction of sp³-hybridized carbons (Fsp3) is 0.765. The van der Waals surface area contributed by atoms with Crippen molar-refractivity contribution < 1.29 is 43.0 Å². The van der Waals surface area contributed by atoms with Crippen LogP contribution in [0.5, 0.6) is 0 Å². The lowest BCUT2D eigenvalue weighted by atomic mass is 10.0. The molecule has 0 saturated heterocycles. The summed E-state index contributed by atoms with van der Waals surface area (Å²) < 4.78 is 26.1. The predicted octanol–water partition coefficient (Wildman–Crippen LogP) is 8.28. The maximum atomic E-state index is 12.3. The maximum Gasteiger partial charge on any atom is 0.469 e. The zero-order chi connectivity index (χ0) is 32.9. The van der Waals surface area contributed by atoms with Gasteiger partial charge in [0.05, 0.1) is 12.7 Å². The average Bonchev–Trinajstić information content (AvgIpc) is 2.96. The topological polar surface area (TPSA) is 140 Å². The number of unbranched alkanes of at least 4 members (excludes halogenated alkanes) is 10. The van der Waals surface area contributed by atoms with Crippen molar-refractivity contribution in [3.63, 3.8) is 0 Å². The first kappa shape index (κ1) is 42.2. The van der Waals surface area contributed by atoms with Crippen molar-refractivity contribution in [2.45, 2.75) is 149 Å². The van der Waals surface area contributed by atoms with Gasteiger partial charge in [-0.25, -0.2) is 4.57 Å². The van der Waals surface area contributed by atoms with E-state index in [4.69, 9.17) is 19.3 Å². The molecule has 256 valence electrons. The molecule has 0 saturated carbocycles. The molecular weight excluding hydrogens is 583 g/mol. The number of phosphoric ester groups is 1. The summed E-state index contributed by atoms with van der Waals surface area (Å²) in [6.07, 6.45) is 26.3. The Balaban J connectivity index is 4.14. The zero-order valence-electron chi connectivity index (χ0n) is 27.6. The number of hydrogen-bond acceptors (Lipinski definition) is 7. The van der Waals surface area contributed by atoms with E-state index in [1.165, 1.54) is 25.7 Å². The van der Waals surface area contributed by atoms with Gasteiger partial charge in [-0.1, -0.05) is 128 Å². The van der Waals surface area contributed by atoms with Crippen molar-refractivity contribution >= 4 is 19.8 Å². The fourth-order valence-electron chi connectivity index (χ4n) is 4.45. The molecule has 0 aliphatic heterocycles. The van der Waals surface area contributed by atoms with Gasteiger partial charge in [0.25, 0.3) is 0 Å². The second kappa shape index (κ2) is 28.7. The first-order valence-corrected chi connectivity index (χ1v) is 18.3. The molecule has 2 atom stereocenters. The van der Waals surface area contributed by atoms with Crippen molar-refractivity contribution in [1.29, 1.82) is 0 Å². The molecule has 9 nitrogen and oxygen atoms in total. The lowest BCUT2D eigenvalue weighted by molar-refractivity contribution is -0.161. The van der Waals surface area contributed by atoms with Crippen LogP contribution in [0.2, 0.25) is 0 Å². The number of esters is 2. The molecule has 0 spiro atoms. The van der Waals surface area contributed by atoms with E-state index in [-0.39, 0.29) is 19.4 Å². The van der Waals surface area contributed by atoms with E-state index < -0.39 is 38.6 Å². The van der Waals surface area contributed by atoms with Crippen LogP contribution >= 0.6 is 7.82 Å². The van der Waals surface area contributed by atoms with Gasteiger partial charge in [-0.15, -0.1) is 0 Å². The number of phosphoric acid groups is 1. The molecule has 0 aliphatic rings. The maximum absolute atomic E-state index is 12.3. The van der Waals surface area contributed by atoms with E-state index in [1.807, 2.05) is 18.2 Å². The van der Waals surface area contributed by atoms with Gasteiger partial charge in [0.2, 0.25) is 0 Å². The van der Waals surface area contributed by atoms with Crippen LogP contribution in [0.15, 0.2) is 36.5 Å². The van der Waals surface area contributed by atoms with Gasteiger partial charge in [0.15, 0.2) is 6.10 Å². The molecule has 0 fully saturated rings. The number of allylic oxidation sites excluding steroid dienone is 5. The van der Waals surface area contributed by atoms with E-state index in [2.05, 4.69) is 37.4 Å². The number of ether oxygens (including phenoxy) is 2. The van der Waals surface area contributed by atoms with Crippen molar-refractivity contribution in [2.75, 3.05) is 13.2 Å². The van der Waals surface area contributed by atoms with Crippen LogP contribution in [0.1, 0.15) is 136 Å². The summed E-state index contributed by atoms with van der Waals surface area (Å²) in [5, 5.41) is 10.0. The Morgan fingerprint density at radius 3 is 1.89 bits per heavy atom. The second-order valence-corrected chi connectivity index (χ2v) is 13.0. The molecule has 0 aromatic heterocycles. The number of carbonyl (C=O) groups is 2. The first-order valence-electron chi connectivity index (χ1n) is 16.7. The Bertz CT molecular complexity index is 848. The third kappa shape index (κ3) is 31.6. The summed E-state index contributed by atoms with van der Waals surface area (Å²) in [5.74, 6) is -0.220. The van der Waals surface area contributed by atoms with E-state index in [0.29, 0.717) is 19.3 Å². The largest absolute Gasteiger partial charge is 0.469 e. The van der Waals surface area contributed by atoms with Gasteiger partial charge in [-0.2, -0.15) is 0 Å². The highest BCUT2D eigenvalue weighted by Crippen LogP contribution is 2.36. The van der Waals surface area contributed by atoms with E-state index in [9.17, 15) is 19.3 Å². The molecule has 0 radical (unpaired) electrons. The smallest absolute Gasteiger partial charge is 0.462 e. The van der Waals surface area contributed by atoms with E-state index >= 15 is 0 Å². The standard InChI is InChI=1S/C34H61O9P/c1-4-5-6-7-9-14-19-24-31(35)25-20-15-12-17-22-27-34(37)43-32(29-42-44(38,39)40)28-41-33(36)26-21-16-11-8-10-13-18-23-30(2)3/h5-6,9,14,19,24,30-32,35H,4,7-8,10-13,15-18,20-23,25-29H2,1-3H3,(H2,38,39,40)/b6-5+,14-9+,24-19+/t31?,32-/m1/s1. The molecule has 0 amide bonds. The number of aliphatic hydroxyl groups is 1. The van der Waals surface area contributed by atoms with Gasteiger partial charge in [0.1, 0.15) is 6.61 Å². The molecule has 0 aromatic carbocycles. The lowest BCUT2D eigenvalue weighted by Crippen LogP contribution is -2.29. The molecule has 44 heavy (non-hydrogen) atoms. The van der Waals surface area contributed by atoms with Gasteiger partial charge in [0, 0.05) is 12.8 Å². The molecule has 0 heterocycles. The SMILES string of the molecule is CC/C=C/C/C=C/C=C/C(O)CCCCCCCC(=O)O[C@H](COC(=O)CCCCCCCCCC(C)C)COP(=O)(O)O. The Hall–Kier alpha value is -1.77. The molecule has 0 aromatic rings. The van der Waals surface area contributed by atoms with Crippen molar-refractivity contribution in [1.82, 2.24) is 0 Å². The summed E-state index contributed by atoms with van der Waals surface area (Å²) >= 11 is 0. The van der Waals surface area contributed by atoms with E-state index in [0.717, 1.165) is 63.7 Å². The van der Waals surface area contributed by atoms with Crippen LogP contribution in [-0.4, -0.2) is 52.3 Å². The summed E-state index contributed by atoms with van der Waals surface area (Å²) in [4.78, 5) is 42.5. The Labute approximate surface area is 266 Å². The van der Waals surface area contributed by atoms with Crippen LogP contribution in [0.4, 0.5) is 0 Å². The van der Waals surface area contributed by atoms with Crippen molar-refractivity contribution in [2.24, 2.45) is 5.92 Å². The third-order valence-corrected chi connectivity index (χ3v) is 7.44. The number of hydrogen-bond donors (Lipinski definition) is 3. The summed E-state index contributed by atoms with van der Waals surface area (Å²) in [7, 11) is -4.77. The highest BCUT2D eigenvalue weighted by atomic mass is 31.2. The number of aliphatic hydroxyl groups excluding tert-OH is 1. The highest BCUT2D eigenvalue weighted by Gasteiger charge is 2.22. The minimum Gasteiger partial charge on any atom is -0.462 e. The molecule has 0 rings (SSSR count). The van der Waals surface area contributed by atoms with Gasteiger partial charge < -0.3 is 24.4 Å². The Kier molecular flexibility index (Phi) is 27.5. The quantitative estimate of drug-likeness (QED) is 0.0241. The van der Waals surface area contributed by atoms with Crippen LogP contribution in [-0.2, 0) is 28.2 Å². The summed E-state index contributed by atoms with van der Waals surface area (Å²) in [6, 6.07) is 0. The second-order valence-electron chi connectivity index (χ2n) is 11.8. The zero-order valence-corrected chi connectivity index (χ0v) is 28.5. The minimum atomic E-state index is -4.77.